The van der Waals surface area contributed by atoms with Crippen molar-refractivity contribution in [3.63, 3.8) is 0 Å². The number of nitrogens with two attached hydrogens (primary N) is 1. The molecule has 1 aromatic carbocycles. The Morgan fingerprint density at radius 3 is 2.56 bits per heavy atom. The first kappa shape index (κ1) is 13.6. The molecule has 1 heterocycles. The second-order valence-corrected chi connectivity index (χ2v) is 5.36. The average Bonchev–Trinajstić information content (AvgIpc) is 2.83. The molecule has 1 aromatic rings. The molecular formula is C16H25NO. The van der Waals surface area contributed by atoms with Gasteiger partial charge in [0.05, 0.1) is 12.1 Å². The van der Waals surface area contributed by atoms with E-state index in [1.807, 2.05) is 0 Å². The molecule has 18 heavy (non-hydrogen) atoms. The molecule has 0 aliphatic carbocycles. The third kappa shape index (κ3) is 2.60. The monoisotopic (exact) mass is 247 g/mol. The number of hydrogen-bond acceptors (Lipinski definition) is 2. The quantitative estimate of drug-likeness (QED) is 0.886. The smallest absolute Gasteiger partial charge is 0.0793 e. The molecule has 0 radical (unpaired) electrons. The Kier molecular flexibility index (Phi) is 4.41. The normalized spacial score (nSPS) is 25.3. The van der Waals surface area contributed by atoms with Crippen molar-refractivity contribution >= 4 is 0 Å². The van der Waals surface area contributed by atoms with Crippen molar-refractivity contribution in [2.75, 3.05) is 6.61 Å². The number of aryl methyl sites for hydroxylation is 2. The molecule has 100 valence electrons. The van der Waals surface area contributed by atoms with E-state index in [-0.39, 0.29) is 12.1 Å². The van der Waals surface area contributed by atoms with Crippen LogP contribution in [0.15, 0.2) is 18.2 Å². The van der Waals surface area contributed by atoms with Gasteiger partial charge in [0.15, 0.2) is 0 Å². The fourth-order valence-corrected chi connectivity index (χ4v) is 2.89. The molecule has 0 aromatic heterocycles. The number of ether oxygens (including phenoxy) is 1. The van der Waals surface area contributed by atoms with Gasteiger partial charge in [0.1, 0.15) is 0 Å². The zero-order valence-corrected chi connectivity index (χ0v) is 11.8. The highest BCUT2D eigenvalue weighted by atomic mass is 16.5. The van der Waals surface area contributed by atoms with Crippen LogP contribution < -0.4 is 5.73 Å². The average molecular weight is 247 g/mol. The Morgan fingerprint density at radius 1 is 1.28 bits per heavy atom. The van der Waals surface area contributed by atoms with Gasteiger partial charge in [-0.15, -0.1) is 0 Å². The predicted octanol–water partition coefficient (Wildman–Crippen LogP) is 3.24. The minimum atomic E-state index is 0.0127. The van der Waals surface area contributed by atoms with Crippen LogP contribution in [0.5, 0.6) is 0 Å². The first-order chi connectivity index (χ1) is 8.67. The Bertz CT molecular complexity index is 402. The van der Waals surface area contributed by atoms with Crippen LogP contribution >= 0.6 is 0 Å². The first-order valence-electron chi connectivity index (χ1n) is 7.16. The fraction of sp³-hybridized carbons (Fsp3) is 0.625. The predicted molar refractivity (Wildman–Crippen MR) is 75.6 cm³/mol. The molecule has 1 aliphatic rings. The van der Waals surface area contributed by atoms with E-state index in [2.05, 4.69) is 39.0 Å². The van der Waals surface area contributed by atoms with Gasteiger partial charge in [0, 0.05) is 6.61 Å². The highest BCUT2D eigenvalue weighted by molar-refractivity contribution is 5.34. The lowest BCUT2D eigenvalue weighted by Gasteiger charge is -2.23. The maximum Gasteiger partial charge on any atom is 0.0793 e. The lowest BCUT2D eigenvalue weighted by molar-refractivity contribution is 0.0725. The van der Waals surface area contributed by atoms with Crippen LogP contribution in [0, 0.1) is 5.92 Å². The SMILES string of the molecule is CCc1ccc(C(N)C2OCCC2C)cc1CC. The minimum absolute atomic E-state index is 0.0127. The summed E-state index contributed by atoms with van der Waals surface area (Å²) < 4.78 is 5.79. The highest BCUT2D eigenvalue weighted by Crippen LogP contribution is 2.30. The van der Waals surface area contributed by atoms with E-state index < -0.39 is 0 Å². The van der Waals surface area contributed by atoms with E-state index in [0.29, 0.717) is 5.92 Å². The molecule has 0 amide bonds. The molecule has 3 unspecified atom stereocenters. The summed E-state index contributed by atoms with van der Waals surface area (Å²) in [5.41, 5.74) is 10.5. The molecule has 0 saturated carbocycles. The van der Waals surface area contributed by atoms with E-state index in [4.69, 9.17) is 10.5 Å². The van der Waals surface area contributed by atoms with Gasteiger partial charge in [-0.25, -0.2) is 0 Å². The Labute approximate surface area is 111 Å². The summed E-state index contributed by atoms with van der Waals surface area (Å²) in [5.74, 6) is 0.566. The van der Waals surface area contributed by atoms with Gasteiger partial charge < -0.3 is 10.5 Å². The van der Waals surface area contributed by atoms with Gasteiger partial charge in [-0.2, -0.15) is 0 Å². The standard InChI is InChI=1S/C16H25NO/c1-4-12-6-7-14(10-13(12)5-2)15(17)16-11(3)8-9-18-16/h6-7,10-11,15-16H,4-5,8-9,17H2,1-3H3. The fourth-order valence-electron chi connectivity index (χ4n) is 2.89. The summed E-state index contributed by atoms with van der Waals surface area (Å²) in [6.07, 6.45) is 3.48. The summed E-state index contributed by atoms with van der Waals surface area (Å²) in [6, 6.07) is 6.70. The van der Waals surface area contributed by atoms with Crippen molar-refractivity contribution in [1.29, 1.82) is 0 Å². The van der Waals surface area contributed by atoms with Gasteiger partial charge in [-0.05, 0) is 41.9 Å². The Hall–Kier alpha value is -0.860. The van der Waals surface area contributed by atoms with Crippen LogP contribution in [0.1, 0.15) is 49.9 Å². The van der Waals surface area contributed by atoms with Crippen molar-refractivity contribution in [2.45, 2.75) is 52.2 Å². The van der Waals surface area contributed by atoms with Gasteiger partial charge in [-0.1, -0.05) is 39.0 Å². The third-order valence-electron chi connectivity index (χ3n) is 4.18. The van der Waals surface area contributed by atoms with E-state index in [9.17, 15) is 0 Å². The zero-order valence-electron chi connectivity index (χ0n) is 11.8. The summed E-state index contributed by atoms with van der Waals surface area (Å²) in [5, 5.41) is 0. The molecule has 0 spiro atoms. The second kappa shape index (κ2) is 5.85. The maximum atomic E-state index is 6.38. The summed E-state index contributed by atoms with van der Waals surface area (Å²) in [7, 11) is 0. The molecule has 0 bridgehead atoms. The van der Waals surface area contributed by atoms with Crippen molar-refractivity contribution in [3.05, 3.63) is 34.9 Å². The summed E-state index contributed by atoms with van der Waals surface area (Å²) in [6.45, 7) is 7.50. The first-order valence-corrected chi connectivity index (χ1v) is 7.16. The zero-order chi connectivity index (χ0) is 13.1. The van der Waals surface area contributed by atoms with Crippen LogP contribution in [0.3, 0.4) is 0 Å². The van der Waals surface area contributed by atoms with Crippen LogP contribution in [0.4, 0.5) is 0 Å². The molecule has 2 rings (SSSR count). The van der Waals surface area contributed by atoms with Gasteiger partial charge in [-0.3, -0.25) is 0 Å². The van der Waals surface area contributed by atoms with E-state index in [0.717, 1.165) is 25.9 Å². The molecule has 3 atom stereocenters. The van der Waals surface area contributed by atoms with E-state index in [1.165, 1.54) is 16.7 Å². The van der Waals surface area contributed by atoms with Crippen molar-refractivity contribution in [2.24, 2.45) is 11.7 Å². The number of benzene rings is 1. The van der Waals surface area contributed by atoms with Crippen LogP contribution in [-0.2, 0) is 17.6 Å². The largest absolute Gasteiger partial charge is 0.376 e. The van der Waals surface area contributed by atoms with Crippen molar-refractivity contribution in [1.82, 2.24) is 0 Å². The molecule has 1 fully saturated rings. The van der Waals surface area contributed by atoms with E-state index in [1.54, 1.807) is 0 Å². The van der Waals surface area contributed by atoms with Crippen LogP contribution in [0.2, 0.25) is 0 Å². The van der Waals surface area contributed by atoms with Crippen LogP contribution in [-0.4, -0.2) is 12.7 Å². The maximum absolute atomic E-state index is 6.38. The molecule has 1 aliphatic heterocycles. The van der Waals surface area contributed by atoms with Gasteiger partial charge in [0.25, 0.3) is 0 Å². The molecule has 1 saturated heterocycles. The number of hydrogen-bond donors (Lipinski definition) is 1. The third-order valence-corrected chi connectivity index (χ3v) is 4.18. The highest BCUT2D eigenvalue weighted by Gasteiger charge is 2.30. The lowest BCUT2D eigenvalue weighted by Crippen LogP contribution is -2.30. The molecular weight excluding hydrogens is 222 g/mol. The number of rotatable bonds is 4. The van der Waals surface area contributed by atoms with Gasteiger partial charge >= 0.3 is 0 Å². The summed E-state index contributed by atoms with van der Waals surface area (Å²) >= 11 is 0. The van der Waals surface area contributed by atoms with Gasteiger partial charge in [0.2, 0.25) is 0 Å². The summed E-state index contributed by atoms with van der Waals surface area (Å²) in [4.78, 5) is 0. The van der Waals surface area contributed by atoms with E-state index >= 15 is 0 Å². The second-order valence-electron chi connectivity index (χ2n) is 5.36. The van der Waals surface area contributed by atoms with Crippen molar-refractivity contribution in [3.8, 4) is 0 Å². The lowest BCUT2D eigenvalue weighted by atomic mass is 9.90. The Balaban J connectivity index is 2.22. The minimum Gasteiger partial charge on any atom is -0.376 e. The molecule has 2 nitrogen and oxygen atoms in total. The molecule has 2 heteroatoms. The van der Waals surface area contributed by atoms with Crippen molar-refractivity contribution < 1.29 is 4.74 Å². The Morgan fingerprint density at radius 2 is 2.00 bits per heavy atom. The van der Waals surface area contributed by atoms with Crippen LogP contribution in [0.25, 0.3) is 0 Å². The topological polar surface area (TPSA) is 35.2 Å². The molecule has 2 N–H and O–H groups in total.